The first kappa shape index (κ1) is 9.00. The van der Waals surface area contributed by atoms with Gasteiger partial charge in [-0.05, 0) is 12.1 Å². The van der Waals surface area contributed by atoms with E-state index >= 15 is 0 Å². The molecule has 0 unspecified atom stereocenters. The second-order valence-corrected chi connectivity index (χ2v) is 2.42. The number of aromatic nitrogens is 1. The van der Waals surface area contributed by atoms with Crippen LogP contribution in [0.1, 0.15) is 0 Å². The molecule has 0 saturated heterocycles. The van der Waals surface area contributed by atoms with Crippen LogP contribution in [0, 0.1) is 0 Å². The summed E-state index contributed by atoms with van der Waals surface area (Å²) < 4.78 is 1.87. The number of pyridine rings is 2. The lowest BCUT2D eigenvalue weighted by Gasteiger charge is -1.89. The lowest BCUT2D eigenvalue weighted by molar-refractivity contribution is -0.512. The van der Waals surface area contributed by atoms with E-state index in [9.17, 15) is 0 Å². The molecule has 0 aliphatic rings. The van der Waals surface area contributed by atoms with Crippen molar-refractivity contribution in [2.75, 3.05) is 0 Å². The third kappa shape index (κ3) is 1.56. The van der Waals surface area contributed by atoms with Gasteiger partial charge >= 0.3 is 0 Å². The van der Waals surface area contributed by atoms with Crippen LogP contribution in [-0.4, -0.2) is 5.11 Å². The molecule has 0 radical (unpaired) electrons. The van der Waals surface area contributed by atoms with Gasteiger partial charge in [-0.1, -0.05) is 0 Å². The van der Waals surface area contributed by atoms with Gasteiger partial charge in [0.1, 0.15) is 0 Å². The third-order valence-electron chi connectivity index (χ3n) is 1.62. The minimum absolute atomic E-state index is 0. The van der Waals surface area contributed by atoms with Crippen molar-refractivity contribution in [1.29, 1.82) is 0 Å². The monoisotopic (exact) mass is 225 g/mol. The zero-order valence-corrected chi connectivity index (χ0v) is 7.90. The van der Waals surface area contributed by atoms with E-state index < -0.39 is 0 Å². The summed E-state index contributed by atoms with van der Waals surface area (Å²) in [5.74, 6) is 0.286. The van der Waals surface area contributed by atoms with Crippen molar-refractivity contribution in [2.45, 2.75) is 0 Å². The number of hydrogen-bond donors (Lipinski definition) is 1. The number of hydrogen-bond acceptors (Lipinski definition) is 1. The predicted molar refractivity (Wildman–Crippen MR) is 41.3 cm³/mol. The molecule has 0 aliphatic carbocycles. The summed E-state index contributed by atoms with van der Waals surface area (Å²) in [7, 11) is 0. The van der Waals surface area contributed by atoms with Crippen LogP contribution in [0.4, 0.5) is 0 Å². The van der Waals surface area contributed by atoms with Crippen LogP contribution in [0.25, 0.3) is 5.52 Å². The fourth-order valence-corrected chi connectivity index (χ4v) is 1.08. The molecule has 12 heavy (non-hydrogen) atoms. The van der Waals surface area contributed by atoms with E-state index in [-0.39, 0.29) is 22.7 Å². The second-order valence-electron chi connectivity index (χ2n) is 2.42. The molecule has 2 heterocycles. The lowest BCUT2D eigenvalue weighted by Crippen LogP contribution is -3.00. The Morgan fingerprint density at radius 2 is 1.92 bits per heavy atom. The molecule has 2 aromatic heterocycles. The number of rotatable bonds is 0. The molecule has 0 aromatic carbocycles. The smallest absolute Gasteiger partial charge is 0.216 e. The summed E-state index contributed by atoms with van der Waals surface area (Å²) >= 11 is 0. The highest BCUT2D eigenvalue weighted by Crippen LogP contribution is 2.04. The Hall–Kier alpha value is -1.09. The van der Waals surface area contributed by atoms with Gasteiger partial charge in [0.15, 0.2) is 11.9 Å². The van der Waals surface area contributed by atoms with Gasteiger partial charge in [-0.15, -0.1) is 0 Å². The molecule has 2 aromatic rings. The topological polar surface area (TPSA) is 24.3 Å². The number of halogens is 1. The van der Waals surface area contributed by atoms with E-state index in [0.29, 0.717) is 0 Å². The minimum atomic E-state index is 0. The maximum atomic E-state index is 9.11. The van der Waals surface area contributed by atoms with E-state index in [1.165, 1.54) is 0 Å². The fourth-order valence-electron chi connectivity index (χ4n) is 1.08. The first-order valence-electron chi connectivity index (χ1n) is 3.45. The number of nitrogens with zero attached hydrogens (tertiary/aromatic N) is 1. The highest BCUT2D eigenvalue weighted by atomic mass is 79.9. The number of fused-ring (bicyclic) bond motifs is 1. The van der Waals surface area contributed by atoms with Gasteiger partial charge in [0.25, 0.3) is 0 Å². The number of aromatic hydroxyl groups is 1. The molecule has 62 valence electrons. The Balaban J connectivity index is 0.000000720. The summed E-state index contributed by atoms with van der Waals surface area (Å²) in [4.78, 5) is 0. The van der Waals surface area contributed by atoms with E-state index in [1.54, 1.807) is 12.3 Å². The molecule has 0 amide bonds. The van der Waals surface area contributed by atoms with E-state index in [2.05, 4.69) is 0 Å². The van der Waals surface area contributed by atoms with Crippen molar-refractivity contribution >= 4 is 5.52 Å². The first-order chi connectivity index (χ1) is 5.36. The fraction of sp³-hybridized carbons (Fsp3) is 0. The van der Waals surface area contributed by atoms with Crippen molar-refractivity contribution in [1.82, 2.24) is 0 Å². The van der Waals surface area contributed by atoms with Crippen LogP contribution in [0.2, 0.25) is 0 Å². The SMILES string of the molecule is Oc1ccc2cccc[n+]2c1.[Br-]. The van der Waals surface area contributed by atoms with Gasteiger partial charge in [0, 0.05) is 18.2 Å². The molecule has 3 heteroatoms. The van der Waals surface area contributed by atoms with E-state index in [4.69, 9.17) is 5.11 Å². The lowest BCUT2D eigenvalue weighted by atomic mass is 10.3. The second kappa shape index (κ2) is 3.54. The molecular formula is C9H8BrNO. The van der Waals surface area contributed by atoms with Crippen LogP contribution in [0.15, 0.2) is 42.7 Å². The van der Waals surface area contributed by atoms with Crippen molar-refractivity contribution in [3.8, 4) is 5.75 Å². The first-order valence-corrected chi connectivity index (χ1v) is 3.45. The zero-order chi connectivity index (χ0) is 7.68. The van der Waals surface area contributed by atoms with Crippen molar-refractivity contribution in [2.24, 2.45) is 0 Å². The molecule has 1 N–H and O–H groups in total. The molecular weight excluding hydrogens is 218 g/mol. The highest BCUT2D eigenvalue weighted by molar-refractivity contribution is 5.39. The average Bonchev–Trinajstić information content (AvgIpc) is 2.04. The van der Waals surface area contributed by atoms with Gasteiger partial charge in [-0.3, -0.25) is 0 Å². The minimum Gasteiger partial charge on any atom is -1.00 e. The van der Waals surface area contributed by atoms with Crippen LogP contribution in [0.5, 0.6) is 5.75 Å². The maximum Gasteiger partial charge on any atom is 0.216 e. The molecule has 0 atom stereocenters. The van der Waals surface area contributed by atoms with Crippen molar-refractivity contribution < 1.29 is 26.5 Å². The molecule has 0 spiro atoms. The maximum absolute atomic E-state index is 9.11. The Bertz CT molecular complexity index is 389. The van der Waals surface area contributed by atoms with Gasteiger partial charge in [0.05, 0.1) is 0 Å². The Labute approximate surface area is 80.9 Å². The van der Waals surface area contributed by atoms with Crippen LogP contribution in [-0.2, 0) is 0 Å². The summed E-state index contributed by atoms with van der Waals surface area (Å²) in [5, 5.41) is 9.11. The standard InChI is InChI=1S/C9H7NO.BrH/c11-9-5-4-8-3-1-2-6-10(8)7-9;/h1-7H;1H. The summed E-state index contributed by atoms with van der Waals surface area (Å²) in [6.07, 6.45) is 3.57. The Morgan fingerprint density at radius 1 is 1.08 bits per heavy atom. The van der Waals surface area contributed by atoms with Crippen LogP contribution in [0.3, 0.4) is 0 Å². The van der Waals surface area contributed by atoms with Gasteiger partial charge in [0.2, 0.25) is 11.7 Å². The normalized spacial score (nSPS) is 9.33. The molecule has 2 rings (SSSR count). The van der Waals surface area contributed by atoms with Gasteiger partial charge in [-0.2, -0.15) is 4.40 Å². The Morgan fingerprint density at radius 3 is 2.75 bits per heavy atom. The highest BCUT2D eigenvalue weighted by Gasteiger charge is 1.99. The molecule has 0 aliphatic heterocycles. The van der Waals surface area contributed by atoms with Crippen LogP contribution < -0.4 is 21.4 Å². The summed E-state index contributed by atoms with van der Waals surface area (Å²) in [6, 6.07) is 9.42. The molecule has 2 nitrogen and oxygen atoms in total. The summed E-state index contributed by atoms with van der Waals surface area (Å²) in [6.45, 7) is 0. The van der Waals surface area contributed by atoms with Crippen molar-refractivity contribution in [3.05, 3.63) is 42.7 Å². The average molecular weight is 226 g/mol. The van der Waals surface area contributed by atoms with E-state index in [1.807, 2.05) is 34.9 Å². The van der Waals surface area contributed by atoms with Crippen LogP contribution >= 0.6 is 0 Å². The van der Waals surface area contributed by atoms with Crippen molar-refractivity contribution in [3.63, 3.8) is 0 Å². The third-order valence-corrected chi connectivity index (χ3v) is 1.62. The zero-order valence-electron chi connectivity index (χ0n) is 6.31. The molecule has 0 saturated carbocycles. The largest absolute Gasteiger partial charge is 1.00 e. The quantitative estimate of drug-likeness (QED) is 0.523. The van der Waals surface area contributed by atoms with E-state index in [0.717, 1.165) is 5.52 Å². The summed E-state index contributed by atoms with van der Waals surface area (Å²) in [5.41, 5.74) is 1.07. The predicted octanol–water partition coefficient (Wildman–Crippen LogP) is -1.87. The molecule has 0 fully saturated rings. The van der Waals surface area contributed by atoms with Gasteiger partial charge in [-0.25, -0.2) is 0 Å². The molecule has 0 bridgehead atoms. The van der Waals surface area contributed by atoms with Gasteiger partial charge < -0.3 is 22.1 Å². The Kier molecular flexibility index (Phi) is 2.65.